The highest BCUT2D eigenvalue weighted by Gasteiger charge is 2.05. The van der Waals surface area contributed by atoms with E-state index in [1.165, 1.54) is 12.0 Å². The smallest absolute Gasteiger partial charge is 0.325 e. The summed E-state index contributed by atoms with van der Waals surface area (Å²) >= 11 is 0. The van der Waals surface area contributed by atoms with Crippen LogP contribution in [0.15, 0.2) is 0 Å². The molecule has 1 amide bonds. The zero-order chi connectivity index (χ0) is 7.98. The predicted octanol–water partition coefficient (Wildman–Crippen LogP) is -0.452. The topological polar surface area (TPSA) is 46.6 Å². The summed E-state index contributed by atoms with van der Waals surface area (Å²) in [7, 11) is 1.28. The first-order valence-electron chi connectivity index (χ1n) is 2.94. The fourth-order valence-electron chi connectivity index (χ4n) is 0.429. The maximum Gasteiger partial charge on any atom is 0.325 e. The van der Waals surface area contributed by atoms with Gasteiger partial charge in [-0.05, 0) is 6.92 Å². The Balaban J connectivity index is 3.62. The second-order valence-corrected chi connectivity index (χ2v) is 1.68. The molecular formula is C6H10NO3. The number of esters is 1. The summed E-state index contributed by atoms with van der Waals surface area (Å²) in [6.07, 6.45) is 1.60. The van der Waals surface area contributed by atoms with Gasteiger partial charge >= 0.3 is 12.4 Å². The first-order valence-corrected chi connectivity index (χ1v) is 2.94. The van der Waals surface area contributed by atoms with Crippen molar-refractivity contribution in [2.45, 2.75) is 6.92 Å². The van der Waals surface area contributed by atoms with Crippen molar-refractivity contribution < 1.29 is 14.3 Å². The van der Waals surface area contributed by atoms with Crippen LogP contribution in [0.4, 0.5) is 0 Å². The fourth-order valence-corrected chi connectivity index (χ4v) is 0.429. The average Bonchev–Trinajstić information content (AvgIpc) is 1.99. The number of carbonyl (C=O) groups excluding carboxylic acids is 2. The molecule has 0 rings (SSSR count). The number of rotatable bonds is 4. The lowest BCUT2D eigenvalue weighted by atomic mass is 10.5. The van der Waals surface area contributed by atoms with E-state index in [2.05, 4.69) is 4.74 Å². The number of methoxy groups -OCH3 is 1. The van der Waals surface area contributed by atoms with Crippen molar-refractivity contribution in [1.29, 1.82) is 0 Å². The maximum absolute atomic E-state index is 10.5. The molecule has 0 bridgehead atoms. The Kier molecular flexibility index (Phi) is 4.28. The molecule has 10 heavy (non-hydrogen) atoms. The third-order valence-electron chi connectivity index (χ3n) is 1.06. The molecule has 0 aromatic heterocycles. The first kappa shape index (κ1) is 8.94. The first-order chi connectivity index (χ1) is 4.74. The van der Waals surface area contributed by atoms with Crippen molar-refractivity contribution in [3.63, 3.8) is 0 Å². The van der Waals surface area contributed by atoms with Crippen LogP contribution in [0.2, 0.25) is 0 Å². The van der Waals surface area contributed by atoms with Gasteiger partial charge in [0.2, 0.25) is 0 Å². The second-order valence-electron chi connectivity index (χ2n) is 1.68. The highest BCUT2D eigenvalue weighted by molar-refractivity contribution is 5.73. The molecule has 0 aromatic rings. The zero-order valence-corrected chi connectivity index (χ0v) is 6.09. The number of amides is 1. The Bertz CT molecular complexity index is 124. The molecular weight excluding hydrogens is 134 g/mol. The molecule has 0 heterocycles. The van der Waals surface area contributed by atoms with Crippen molar-refractivity contribution in [1.82, 2.24) is 4.90 Å². The third kappa shape index (κ3) is 3.06. The summed E-state index contributed by atoms with van der Waals surface area (Å²) in [5.74, 6) is -0.426. The van der Waals surface area contributed by atoms with Crippen LogP contribution in [0.25, 0.3) is 0 Å². The molecule has 0 saturated carbocycles. The summed E-state index contributed by atoms with van der Waals surface area (Å²) in [6.45, 7) is 2.21. The van der Waals surface area contributed by atoms with E-state index >= 15 is 0 Å². The Morgan fingerprint density at radius 1 is 1.70 bits per heavy atom. The molecule has 0 saturated heterocycles. The molecule has 0 spiro atoms. The van der Waals surface area contributed by atoms with E-state index in [4.69, 9.17) is 0 Å². The molecule has 4 heteroatoms. The van der Waals surface area contributed by atoms with E-state index in [1.54, 1.807) is 13.3 Å². The van der Waals surface area contributed by atoms with Crippen LogP contribution in [0.3, 0.4) is 0 Å². The van der Waals surface area contributed by atoms with Crippen LogP contribution in [0, 0.1) is 0 Å². The molecule has 4 nitrogen and oxygen atoms in total. The standard InChI is InChI=1S/C6H10NO3/c1-3-7(5-8)4-6(9)10-2/h3-4H2,1-2H3. The van der Waals surface area contributed by atoms with Gasteiger partial charge in [0.05, 0.1) is 7.11 Å². The molecule has 0 aliphatic carbocycles. The molecule has 0 aromatic carbocycles. The summed E-state index contributed by atoms with van der Waals surface area (Å²) in [4.78, 5) is 21.7. The third-order valence-corrected chi connectivity index (χ3v) is 1.06. The molecule has 1 radical (unpaired) electrons. The maximum atomic E-state index is 10.5. The number of likely N-dealkylation sites (N-methyl/N-ethyl adjacent to an activating group) is 1. The van der Waals surface area contributed by atoms with Crippen LogP contribution < -0.4 is 0 Å². The minimum atomic E-state index is -0.426. The lowest BCUT2D eigenvalue weighted by Crippen LogP contribution is -2.28. The van der Waals surface area contributed by atoms with Crippen LogP contribution in [-0.4, -0.2) is 37.5 Å². The number of ether oxygens (including phenoxy) is 1. The SMILES string of the molecule is CCN([C]=O)CC(=O)OC. The van der Waals surface area contributed by atoms with E-state index in [-0.39, 0.29) is 6.54 Å². The van der Waals surface area contributed by atoms with Crippen molar-refractivity contribution in [3.05, 3.63) is 0 Å². The second kappa shape index (κ2) is 4.78. The van der Waals surface area contributed by atoms with Gasteiger partial charge in [-0.15, -0.1) is 0 Å². The average molecular weight is 144 g/mol. The van der Waals surface area contributed by atoms with Crippen LogP contribution in [-0.2, 0) is 14.3 Å². The van der Waals surface area contributed by atoms with Crippen LogP contribution >= 0.6 is 0 Å². The van der Waals surface area contributed by atoms with Crippen molar-refractivity contribution >= 4 is 12.4 Å². The Morgan fingerprint density at radius 2 is 2.30 bits per heavy atom. The number of hydrogen-bond donors (Lipinski definition) is 0. The van der Waals surface area contributed by atoms with Crippen molar-refractivity contribution in [3.8, 4) is 0 Å². The minimum absolute atomic E-state index is 0.0174. The summed E-state index contributed by atoms with van der Waals surface area (Å²) in [6, 6.07) is 0. The lowest BCUT2D eigenvalue weighted by molar-refractivity contribution is -0.140. The van der Waals surface area contributed by atoms with E-state index in [0.29, 0.717) is 6.54 Å². The highest BCUT2D eigenvalue weighted by atomic mass is 16.5. The largest absolute Gasteiger partial charge is 0.468 e. The Morgan fingerprint density at radius 3 is 2.60 bits per heavy atom. The van der Waals surface area contributed by atoms with Gasteiger partial charge in [-0.25, -0.2) is 0 Å². The van der Waals surface area contributed by atoms with Gasteiger partial charge < -0.3 is 9.64 Å². The molecule has 0 aliphatic rings. The minimum Gasteiger partial charge on any atom is -0.468 e. The number of carbonyl (C=O) groups is 1. The number of hydrogen-bond acceptors (Lipinski definition) is 3. The molecule has 57 valence electrons. The fraction of sp³-hybridized carbons (Fsp3) is 0.667. The van der Waals surface area contributed by atoms with Gasteiger partial charge in [-0.1, -0.05) is 0 Å². The quantitative estimate of drug-likeness (QED) is 0.396. The Hall–Kier alpha value is -1.06. The molecule has 0 aliphatic heterocycles. The molecule has 0 unspecified atom stereocenters. The predicted molar refractivity (Wildman–Crippen MR) is 35.0 cm³/mol. The number of nitrogens with zero attached hydrogens (tertiary/aromatic N) is 1. The molecule has 0 atom stereocenters. The van der Waals surface area contributed by atoms with E-state index in [0.717, 1.165) is 0 Å². The van der Waals surface area contributed by atoms with Crippen LogP contribution in [0.1, 0.15) is 6.92 Å². The normalized spacial score (nSPS) is 8.60. The summed E-state index contributed by atoms with van der Waals surface area (Å²) in [5.41, 5.74) is 0. The summed E-state index contributed by atoms with van der Waals surface area (Å²) < 4.78 is 4.32. The van der Waals surface area contributed by atoms with Crippen molar-refractivity contribution in [2.75, 3.05) is 20.2 Å². The molecule has 0 fully saturated rings. The van der Waals surface area contributed by atoms with E-state index in [1.807, 2.05) is 0 Å². The van der Waals surface area contributed by atoms with E-state index < -0.39 is 5.97 Å². The van der Waals surface area contributed by atoms with Gasteiger partial charge in [0.1, 0.15) is 6.54 Å². The van der Waals surface area contributed by atoms with Gasteiger partial charge in [-0.3, -0.25) is 9.59 Å². The van der Waals surface area contributed by atoms with Gasteiger partial charge in [0.15, 0.2) is 0 Å². The van der Waals surface area contributed by atoms with Crippen molar-refractivity contribution in [2.24, 2.45) is 0 Å². The zero-order valence-electron chi connectivity index (χ0n) is 6.09. The highest BCUT2D eigenvalue weighted by Crippen LogP contribution is 1.82. The van der Waals surface area contributed by atoms with E-state index in [9.17, 15) is 9.59 Å². The van der Waals surface area contributed by atoms with Gasteiger partial charge in [-0.2, -0.15) is 0 Å². The van der Waals surface area contributed by atoms with Crippen LogP contribution in [0.5, 0.6) is 0 Å². The molecule has 0 N–H and O–H groups in total. The van der Waals surface area contributed by atoms with Gasteiger partial charge in [0.25, 0.3) is 0 Å². The Labute approximate surface area is 59.8 Å². The van der Waals surface area contributed by atoms with Gasteiger partial charge in [0, 0.05) is 6.54 Å². The summed E-state index contributed by atoms with van der Waals surface area (Å²) in [5, 5.41) is 0. The lowest BCUT2D eigenvalue weighted by Gasteiger charge is -2.10. The monoisotopic (exact) mass is 144 g/mol.